The van der Waals surface area contributed by atoms with E-state index in [0.29, 0.717) is 5.75 Å². The molecular weight excluding hydrogens is 352 g/mol. The molecule has 3 rings (SSSR count). The minimum Gasteiger partial charge on any atom is -0.483 e. The summed E-state index contributed by atoms with van der Waals surface area (Å²) in [6.45, 7) is -0.118. The van der Waals surface area contributed by atoms with Crippen molar-refractivity contribution >= 4 is 11.8 Å². The van der Waals surface area contributed by atoms with Gasteiger partial charge in [-0.25, -0.2) is 0 Å². The zero-order valence-electron chi connectivity index (χ0n) is 16.2. The predicted molar refractivity (Wildman–Crippen MR) is 109 cm³/mol. The lowest BCUT2D eigenvalue weighted by molar-refractivity contribution is -0.127. The van der Waals surface area contributed by atoms with Crippen LogP contribution in [0.3, 0.4) is 0 Å². The van der Waals surface area contributed by atoms with Crippen LogP contribution in [0.2, 0.25) is 0 Å². The maximum Gasteiger partial charge on any atom is 0.258 e. The monoisotopic (exact) mass is 380 g/mol. The average Bonchev–Trinajstić information content (AvgIpc) is 2.73. The highest BCUT2D eigenvalue weighted by Gasteiger charge is 2.16. The molecule has 0 spiro atoms. The summed E-state index contributed by atoms with van der Waals surface area (Å²) in [5.41, 5.74) is 2.21. The number of benzene rings is 2. The molecule has 0 unspecified atom stereocenters. The lowest BCUT2D eigenvalue weighted by Crippen LogP contribution is -2.43. The van der Waals surface area contributed by atoms with E-state index in [0.717, 1.165) is 37.7 Å². The first-order valence-corrected chi connectivity index (χ1v) is 10.0. The van der Waals surface area contributed by atoms with E-state index < -0.39 is 0 Å². The predicted octanol–water partition coefficient (Wildman–Crippen LogP) is 3.22. The van der Waals surface area contributed by atoms with Gasteiger partial charge in [0.25, 0.3) is 5.91 Å². The quantitative estimate of drug-likeness (QED) is 0.739. The molecule has 2 aromatic carbocycles. The molecule has 1 fully saturated rings. The minimum atomic E-state index is -0.298. The Balaban J connectivity index is 1.43. The molecule has 5 heteroatoms. The summed E-state index contributed by atoms with van der Waals surface area (Å²) in [7, 11) is 0. The van der Waals surface area contributed by atoms with Crippen LogP contribution in [-0.4, -0.2) is 31.0 Å². The second-order valence-corrected chi connectivity index (χ2v) is 7.24. The number of ether oxygens (including phenoxy) is 1. The number of carbonyl (C=O) groups excluding carboxylic acids is 2. The zero-order valence-corrected chi connectivity index (χ0v) is 16.2. The fourth-order valence-electron chi connectivity index (χ4n) is 3.51. The number of hydrogen-bond donors (Lipinski definition) is 2. The molecule has 1 aliphatic carbocycles. The maximum atomic E-state index is 12.1. The molecule has 0 atom stereocenters. The van der Waals surface area contributed by atoms with E-state index >= 15 is 0 Å². The van der Waals surface area contributed by atoms with Crippen molar-refractivity contribution in [2.45, 2.75) is 44.6 Å². The summed E-state index contributed by atoms with van der Waals surface area (Å²) in [5.74, 6) is 0.256. The lowest BCUT2D eigenvalue weighted by atomic mass is 9.95. The van der Waals surface area contributed by atoms with E-state index in [1.165, 1.54) is 12.0 Å². The van der Waals surface area contributed by atoms with Crippen molar-refractivity contribution in [1.29, 1.82) is 0 Å². The normalized spacial score (nSPS) is 14.3. The van der Waals surface area contributed by atoms with Gasteiger partial charge in [-0.1, -0.05) is 67.8 Å². The SMILES string of the molecule is O=C(COc1ccccc1Cc1ccccc1)NCC(=O)NC1CCCCC1. The number of hydrogen-bond acceptors (Lipinski definition) is 3. The number of rotatable bonds is 8. The van der Waals surface area contributed by atoms with Gasteiger partial charge in [-0.15, -0.1) is 0 Å². The molecule has 0 radical (unpaired) electrons. The Morgan fingerprint density at radius 3 is 2.39 bits per heavy atom. The molecule has 0 aliphatic heterocycles. The summed E-state index contributed by atoms with van der Waals surface area (Å²) in [6, 6.07) is 18.1. The highest BCUT2D eigenvalue weighted by atomic mass is 16.5. The van der Waals surface area contributed by atoms with E-state index in [9.17, 15) is 9.59 Å². The number of nitrogens with one attached hydrogen (secondary N) is 2. The molecular formula is C23H28N2O3. The second-order valence-electron chi connectivity index (χ2n) is 7.24. The summed E-state index contributed by atoms with van der Waals surface area (Å²) >= 11 is 0. The van der Waals surface area contributed by atoms with Crippen LogP contribution in [0, 0.1) is 0 Å². The molecule has 2 amide bonds. The van der Waals surface area contributed by atoms with Gasteiger partial charge in [-0.3, -0.25) is 9.59 Å². The van der Waals surface area contributed by atoms with Gasteiger partial charge in [-0.2, -0.15) is 0 Å². The molecule has 0 aromatic heterocycles. The largest absolute Gasteiger partial charge is 0.483 e. The zero-order chi connectivity index (χ0) is 19.6. The summed E-state index contributed by atoms with van der Waals surface area (Å²) < 4.78 is 5.71. The van der Waals surface area contributed by atoms with E-state index in [2.05, 4.69) is 22.8 Å². The molecule has 0 heterocycles. The van der Waals surface area contributed by atoms with Gasteiger partial charge in [-0.05, 0) is 30.0 Å². The first-order valence-electron chi connectivity index (χ1n) is 10.0. The Labute approximate surface area is 166 Å². The molecule has 1 saturated carbocycles. The van der Waals surface area contributed by atoms with E-state index in [1.807, 2.05) is 42.5 Å². The van der Waals surface area contributed by atoms with E-state index in [1.54, 1.807) is 0 Å². The number of para-hydroxylation sites is 1. The van der Waals surface area contributed by atoms with Crippen LogP contribution >= 0.6 is 0 Å². The van der Waals surface area contributed by atoms with Crippen molar-refractivity contribution in [3.8, 4) is 5.75 Å². The van der Waals surface area contributed by atoms with Crippen LogP contribution in [0.25, 0.3) is 0 Å². The molecule has 0 saturated heterocycles. The number of carbonyl (C=O) groups is 2. The van der Waals surface area contributed by atoms with Gasteiger partial charge >= 0.3 is 0 Å². The van der Waals surface area contributed by atoms with Crippen LogP contribution in [0.4, 0.5) is 0 Å². The van der Waals surface area contributed by atoms with Crippen LogP contribution in [-0.2, 0) is 16.0 Å². The Morgan fingerprint density at radius 1 is 0.893 bits per heavy atom. The van der Waals surface area contributed by atoms with Crippen LogP contribution < -0.4 is 15.4 Å². The Bertz CT molecular complexity index is 770. The summed E-state index contributed by atoms with van der Waals surface area (Å²) in [4.78, 5) is 24.0. The molecule has 5 nitrogen and oxygen atoms in total. The maximum absolute atomic E-state index is 12.1. The Hall–Kier alpha value is -2.82. The third kappa shape index (κ3) is 6.41. The van der Waals surface area contributed by atoms with Gasteiger partial charge in [0, 0.05) is 12.5 Å². The fraction of sp³-hybridized carbons (Fsp3) is 0.391. The molecule has 2 N–H and O–H groups in total. The lowest BCUT2D eigenvalue weighted by Gasteiger charge is -2.22. The molecule has 0 bridgehead atoms. The third-order valence-electron chi connectivity index (χ3n) is 4.99. The van der Waals surface area contributed by atoms with Crippen LogP contribution in [0.15, 0.2) is 54.6 Å². The molecule has 1 aliphatic rings. The Kier molecular flexibility index (Phi) is 7.47. The van der Waals surface area contributed by atoms with Gasteiger partial charge in [0.15, 0.2) is 6.61 Å². The highest BCUT2D eigenvalue weighted by molar-refractivity contribution is 5.85. The van der Waals surface area contributed by atoms with Crippen molar-refractivity contribution in [2.75, 3.05) is 13.2 Å². The molecule has 2 aromatic rings. The summed E-state index contributed by atoms with van der Waals surface area (Å²) in [6.07, 6.45) is 6.36. The van der Waals surface area contributed by atoms with Gasteiger partial charge < -0.3 is 15.4 Å². The fourth-order valence-corrected chi connectivity index (χ4v) is 3.51. The molecule has 148 valence electrons. The Morgan fingerprint density at radius 2 is 1.61 bits per heavy atom. The topological polar surface area (TPSA) is 67.4 Å². The van der Waals surface area contributed by atoms with Crippen molar-refractivity contribution in [3.05, 3.63) is 65.7 Å². The van der Waals surface area contributed by atoms with E-state index in [4.69, 9.17) is 4.74 Å². The van der Waals surface area contributed by atoms with Gasteiger partial charge in [0.2, 0.25) is 5.91 Å². The second kappa shape index (κ2) is 10.5. The molecule has 28 heavy (non-hydrogen) atoms. The average molecular weight is 380 g/mol. The van der Waals surface area contributed by atoms with Gasteiger partial charge in [0.1, 0.15) is 5.75 Å². The van der Waals surface area contributed by atoms with Gasteiger partial charge in [0.05, 0.1) is 6.54 Å². The van der Waals surface area contributed by atoms with Crippen LogP contribution in [0.5, 0.6) is 5.75 Å². The van der Waals surface area contributed by atoms with Crippen molar-refractivity contribution < 1.29 is 14.3 Å². The van der Waals surface area contributed by atoms with Crippen LogP contribution in [0.1, 0.15) is 43.2 Å². The highest BCUT2D eigenvalue weighted by Crippen LogP contribution is 2.21. The first-order chi connectivity index (χ1) is 13.7. The first kappa shape index (κ1) is 19.9. The third-order valence-corrected chi connectivity index (χ3v) is 4.99. The van der Waals surface area contributed by atoms with E-state index in [-0.39, 0.29) is 31.0 Å². The van der Waals surface area contributed by atoms with Crippen molar-refractivity contribution in [3.63, 3.8) is 0 Å². The standard InChI is InChI=1S/C23H28N2O3/c26-22(25-20-12-5-2-6-13-20)16-24-23(27)17-28-21-14-8-7-11-19(21)15-18-9-3-1-4-10-18/h1,3-4,7-11,14,20H,2,5-6,12-13,15-17H2,(H,24,27)(H,25,26). The minimum absolute atomic E-state index is 0.00957. The van der Waals surface area contributed by atoms with Crippen molar-refractivity contribution in [2.24, 2.45) is 0 Å². The van der Waals surface area contributed by atoms with Crippen molar-refractivity contribution in [1.82, 2.24) is 10.6 Å². The number of amides is 2. The summed E-state index contributed by atoms with van der Waals surface area (Å²) in [5, 5.41) is 5.63. The smallest absolute Gasteiger partial charge is 0.258 e.